The van der Waals surface area contributed by atoms with Crippen molar-refractivity contribution in [2.75, 3.05) is 0 Å². The van der Waals surface area contributed by atoms with Crippen molar-refractivity contribution in [3.05, 3.63) is 117 Å². The Balaban J connectivity index is 1.67. The van der Waals surface area contributed by atoms with Gasteiger partial charge in [-0.15, -0.1) is 0 Å². The molecule has 10 heteroatoms. The summed E-state index contributed by atoms with van der Waals surface area (Å²) in [5.74, 6) is -4.91. The van der Waals surface area contributed by atoms with Gasteiger partial charge in [-0.25, -0.2) is 13.2 Å². The Morgan fingerprint density at radius 3 is 2.37 bits per heavy atom. The number of aromatic nitrogens is 1. The maximum atomic E-state index is 14.3. The van der Waals surface area contributed by atoms with Crippen LogP contribution >= 0.6 is 0 Å². The minimum Gasteiger partial charge on any atom is -0.503 e. The van der Waals surface area contributed by atoms with Crippen LogP contribution in [-0.2, 0) is 17.8 Å². The van der Waals surface area contributed by atoms with Gasteiger partial charge in [0.2, 0.25) is 0 Å². The Morgan fingerprint density at radius 1 is 1.00 bits per heavy atom. The van der Waals surface area contributed by atoms with E-state index in [9.17, 15) is 37.8 Å². The molecule has 1 aliphatic rings. The minimum absolute atomic E-state index is 0.0467. The molecular weight excluding hydrogens is 501 g/mol. The molecule has 0 saturated heterocycles. The molecule has 3 N–H and O–H groups in total. The Labute approximate surface area is 215 Å². The van der Waals surface area contributed by atoms with Gasteiger partial charge in [0.1, 0.15) is 17.5 Å². The van der Waals surface area contributed by atoms with Gasteiger partial charge in [0.05, 0.1) is 24.3 Å². The molecule has 3 aromatic rings. The van der Waals surface area contributed by atoms with Gasteiger partial charge in [-0.2, -0.15) is 0 Å². The first kappa shape index (κ1) is 26.9. The van der Waals surface area contributed by atoms with Crippen molar-refractivity contribution in [1.29, 1.82) is 0 Å². The van der Waals surface area contributed by atoms with Crippen LogP contribution in [0.1, 0.15) is 46.3 Å². The average molecular weight is 527 g/mol. The lowest BCUT2D eigenvalue weighted by Gasteiger charge is -2.15. The summed E-state index contributed by atoms with van der Waals surface area (Å²) < 4.78 is 42.2. The summed E-state index contributed by atoms with van der Waals surface area (Å²) in [5, 5.41) is 22.5. The summed E-state index contributed by atoms with van der Waals surface area (Å²) in [6.07, 6.45) is 2.88. The standard InChI is InChI=1S/C28H25F3N2O5/c29-19-7-4-16(5-8-19)14-33-15-17(10-18-6-9-20(30)12-22(18)31)11-21(28(33)38)25(35)13-26(36)27(37)32-23-2-1-3-24(23)34/h4-9,11-13,15,23-24,34,36H,1-3,10,14H2,(H,32,37)/b26-13-. The summed E-state index contributed by atoms with van der Waals surface area (Å²) in [4.78, 5) is 38.5. The average Bonchev–Trinajstić information content (AvgIpc) is 3.28. The van der Waals surface area contributed by atoms with Crippen molar-refractivity contribution in [3.63, 3.8) is 0 Å². The largest absolute Gasteiger partial charge is 0.503 e. The molecule has 2 aromatic carbocycles. The van der Waals surface area contributed by atoms with E-state index in [1.165, 1.54) is 47.2 Å². The maximum Gasteiger partial charge on any atom is 0.286 e. The molecule has 0 spiro atoms. The molecule has 1 fully saturated rings. The monoisotopic (exact) mass is 526 g/mol. The van der Waals surface area contributed by atoms with Crippen molar-refractivity contribution in [3.8, 4) is 0 Å². The molecule has 0 bridgehead atoms. The molecule has 1 heterocycles. The van der Waals surface area contributed by atoms with Crippen LogP contribution in [0.2, 0.25) is 0 Å². The number of amides is 1. The number of carbonyl (C=O) groups excluding carboxylic acids is 2. The van der Waals surface area contributed by atoms with Crippen LogP contribution in [-0.4, -0.2) is 38.6 Å². The lowest BCUT2D eigenvalue weighted by Crippen LogP contribution is -2.40. The van der Waals surface area contributed by atoms with Gasteiger partial charge in [-0.1, -0.05) is 18.2 Å². The fraction of sp³-hybridized carbons (Fsp3) is 0.250. The zero-order valence-corrected chi connectivity index (χ0v) is 20.2. The number of hydrogen-bond acceptors (Lipinski definition) is 5. The smallest absolute Gasteiger partial charge is 0.286 e. The number of rotatable bonds is 8. The Bertz CT molecular complexity index is 1450. The van der Waals surface area contributed by atoms with Crippen molar-refractivity contribution < 1.29 is 33.0 Å². The van der Waals surface area contributed by atoms with Crippen LogP contribution in [0.4, 0.5) is 13.2 Å². The van der Waals surface area contributed by atoms with Gasteiger partial charge in [0.15, 0.2) is 11.5 Å². The lowest BCUT2D eigenvalue weighted by molar-refractivity contribution is -0.121. The van der Waals surface area contributed by atoms with E-state index in [0.717, 1.165) is 12.1 Å². The van der Waals surface area contributed by atoms with Gasteiger partial charge in [0.25, 0.3) is 11.5 Å². The highest BCUT2D eigenvalue weighted by molar-refractivity contribution is 6.08. The molecule has 1 saturated carbocycles. The predicted octanol–water partition coefficient (Wildman–Crippen LogP) is 3.56. The zero-order chi connectivity index (χ0) is 27.4. The first-order valence-electron chi connectivity index (χ1n) is 12.0. The van der Waals surface area contributed by atoms with E-state index in [4.69, 9.17) is 0 Å². The summed E-state index contributed by atoms with van der Waals surface area (Å²) >= 11 is 0. The fourth-order valence-corrected chi connectivity index (χ4v) is 4.38. The van der Waals surface area contributed by atoms with Gasteiger partial charge >= 0.3 is 0 Å². The van der Waals surface area contributed by atoms with E-state index in [2.05, 4.69) is 5.32 Å². The Hall–Kier alpha value is -4.18. The van der Waals surface area contributed by atoms with Crippen LogP contribution in [0.15, 0.2) is 71.4 Å². The number of nitrogens with zero attached hydrogens (tertiary/aromatic N) is 1. The number of carbonyl (C=O) groups is 2. The predicted molar refractivity (Wildman–Crippen MR) is 132 cm³/mol. The van der Waals surface area contributed by atoms with Gasteiger partial charge < -0.3 is 20.1 Å². The van der Waals surface area contributed by atoms with E-state index < -0.39 is 58.2 Å². The van der Waals surface area contributed by atoms with Gasteiger partial charge in [0, 0.05) is 24.8 Å². The number of hydrogen-bond donors (Lipinski definition) is 3. The number of aliphatic hydroxyl groups is 2. The van der Waals surface area contributed by atoms with Crippen LogP contribution in [0, 0.1) is 17.5 Å². The van der Waals surface area contributed by atoms with E-state index in [1.807, 2.05) is 0 Å². The van der Waals surface area contributed by atoms with Crippen LogP contribution in [0.5, 0.6) is 0 Å². The lowest BCUT2D eigenvalue weighted by atomic mass is 10.0. The highest BCUT2D eigenvalue weighted by atomic mass is 19.1. The zero-order valence-electron chi connectivity index (χ0n) is 20.2. The van der Waals surface area contributed by atoms with E-state index >= 15 is 0 Å². The normalized spacial score (nSPS) is 17.4. The van der Waals surface area contributed by atoms with Gasteiger partial charge in [-0.05, 0) is 60.2 Å². The molecule has 4 rings (SSSR count). The molecule has 198 valence electrons. The number of aliphatic hydroxyl groups excluding tert-OH is 2. The minimum atomic E-state index is -0.972. The molecule has 1 amide bonds. The molecule has 0 aliphatic heterocycles. The third-order valence-electron chi connectivity index (χ3n) is 6.38. The summed E-state index contributed by atoms with van der Waals surface area (Å²) in [6.45, 7) is -0.0467. The molecule has 1 aliphatic carbocycles. The van der Waals surface area contributed by atoms with Crippen molar-refractivity contribution in [1.82, 2.24) is 9.88 Å². The first-order chi connectivity index (χ1) is 18.1. The highest BCUT2D eigenvalue weighted by Crippen LogP contribution is 2.19. The quantitative estimate of drug-likeness (QED) is 0.236. The molecule has 2 unspecified atom stereocenters. The second kappa shape index (κ2) is 11.5. The first-order valence-corrected chi connectivity index (χ1v) is 12.0. The molecule has 2 atom stereocenters. The third kappa shape index (κ3) is 6.38. The van der Waals surface area contributed by atoms with Crippen molar-refractivity contribution >= 4 is 11.7 Å². The SMILES string of the molecule is O=C(NC1CCCC1O)/C(O)=C/C(=O)c1cc(Cc2ccc(F)cc2F)cn(Cc2ccc(F)cc2)c1=O. The summed E-state index contributed by atoms with van der Waals surface area (Å²) in [6, 6.07) is 9.06. The second-order valence-corrected chi connectivity index (χ2v) is 9.21. The van der Waals surface area contributed by atoms with Crippen molar-refractivity contribution in [2.24, 2.45) is 0 Å². The molecule has 1 aromatic heterocycles. The maximum absolute atomic E-state index is 14.3. The Kier molecular flexibility index (Phi) is 8.11. The molecule has 7 nitrogen and oxygen atoms in total. The Morgan fingerprint density at radius 2 is 1.71 bits per heavy atom. The summed E-state index contributed by atoms with van der Waals surface area (Å²) in [7, 11) is 0. The van der Waals surface area contributed by atoms with E-state index in [1.54, 1.807) is 0 Å². The van der Waals surface area contributed by atoms with Crippen LogP contribution in [0.3, 0.4) is 0 Å². The molecule has 0 radical (unpaired) electrons. The molecular formula is C28H25F3N2O5. The number of benzene rings is 2. The van der Waals surface area contributed by atoms with Gasteiger partial charge in [-0.3, -0.25) is 14.4 Å². The number of allylic oxidation sites excluding steroid dienone is 1. The van der Waals surface area contributed by atoms with Crippen LogP contribution in [0.25, 0.3) is 0 Å². The number of halogens is 3. The fourth-order valence-electron chi connectivity index (χ4n) is 4.38. The second-order valence-electron chi connectivity index (χ2n) is 9.21. The number of nitrogens with one attached hydrogen (secondary N) is 1. The molecule has 38 heavy (non-hydrogen) atoms. The topological polar surface area (TPSA) is 109 Å². The highest BCUT2D eigenvalue weighted by Gasteiger charge is 2.28. The summed E-state index contributed by atoms with van der Waals surface area (Å²) in [5.41, 5.74) is -0.160. The van der Waals surface area contributed by atoms with Crippen molar-refractivity contribution in [2.45, 2.75) is 44.4 Å². The van der Waals surface area contributed by atoms with Crippen LogP contribution < -0.4 is 10.9 Å². The number of ketones is 1. The van der Waals surface area contributed by atoms with E-state index in [-0.39, 0.29) is 18.5 Å². The van der Waals surface area contributed by atoms with E-state index in [0.29, 0.717) is 36.5 Å². The third-order valence-corrected chi connectivity index (χ3v) is 6.38. The number of pyridine rings is 1.